The van der Waals surface area contributed by atoms with Gasteiger partial charge in [-0.05, 0) is 0 Å². The first-order chi connectivity index (χ1) is 11.0. The molecule has 0 spiro atoms. The molecule has 0 aliphatic heterocycles. The molecule has 0 nitrogen and oxygen atoms in total. The fourth-order valence-electron chi connectivity index (χ4n) is 4.03. The van der Waals surface area contributed by atoms with E-state index in [-0.39, 0.29) is 10.8 Å². The van der Waals surface area contributed by atoms with Gasteiger partial charge in [-0.25, -0.2) is 0 Å². The maximum absolute atomic E-state index is 2.57. The molecule has 0 fully saturated rings. The Morgan fingerprint density at radius 2 is 1.46 bits per heavy atom. The van der Waals surface area contributed by atoms with Gasteiger partial charge in [0, 0.05) is 0 Å². The molecule has 2 aromatic carbocycles. The summed E-state index contributed by atoms with van der Waals surface area (Å²) in [6, 6.07) is 14.3. The van der Waals surface area contributed by atoms with Gasteiger partial charge >= 0.3 is 157 Å². The second kappa shape index (κ2) is 5.94. The number of rotatable bonds is 1. The van der Waals surface area contributed by atoms with Crippen LogP contribution in [0, 0.1) is 0 Å². The maximum atomic E-state index is 2.57. The van der Waals surface area contributed by atoms with Crippen molar-refractivity contribution in [1.82, 2.24) is 0 Å². The molecule has 0 heterocycles. The van der Waals surface area contributed by atoms with E-state index in [9.17, 15) is 0 Å². The van der Waals surface area contributed by atoms with Crippen LogP contribution in [0.3, 0.4) is 0 Å². The van der Waals surface area contributed by atoms with Crippen molar-refractivity contribution < 1.29 is 21.4 Å². The zero-order valence-electron chi connectivity index (χ0n) is 16.5. The topological polar surface area (TPSA) is 0 Å². The van der Waals surface area contributed by atoms with E-state index < -0.39 is 21.4 Å². The summed E-state index contributed by atoms with van der Waals surface area (Å²) in [5.41, 5.74) is 9.73. The van der Waals surface area contributed by atoms with Crippen molar-refractivity contribution in [3.8, 4) is 11.1 Å². The first kappa shape index (κ1) is 18.1. The summed E-state index contributed by atoms with van der Waals surface area (Å²) in [5, 5.41) is 0. The summed E-state index contributed by atoms with van der Waals surface area (Å²) in [6.07, 6.45) is 0. The quantitative estimate of drug-likeness (QED) is 0.379. The van der Waals surface area contributed by atoms with Crippen LogP contribution in [0.4, 0.5) is 0 Å². The van der Waals surface area contributed by atoms with Crippen LogP contribution in [0.15, 0.2) is 36.4 Å². The molecule has 1 aliphatic rings. The molecule has 1 atom stereocenters. The summed E-state index contributed by atoms with van der Waals surface area (Å²) < 4.78 is 5.88. The van der Waals surface area contributed by atoms with Crippen LogP contribution < -0.4 is 0 Å². The van der Waals surface area contributed by atoms with E-state index in [2.05, 4.69) is 87.3 Å². The van der Waals surface area contributed by atoms with E-state index in [1.165, 1.54) is 16.7 Å². The van der Waals surface area contributed by atoms with E-state index in [1.807, 2.05) is 0 Å². The normalized spacial score (nSPS) is 16.8. The van der Waals surface area contributed by atoms with Crippen LogP contribution in [-0.4, -0.2) is 0 Å². The van der Waals surface area contributed by atoms with Crippen LogP contribution in [-0.2, 0) is 32.3 Å². The molecule has 3 rings (SSSR count). The molecule has 1 unspecified atom stereocenters. The molecular weight excluding hydrogens is 455 g/mol. The monoisotopic (exact) mass is 487 g/mol. The molecule has 1 heteroatoms. The van der Waals surface area contributed by atoms with Crippen LogP contribution in [0.1, 0.15) is 67.5 Å². The van der Waals surface area contributed by atoms with Gasteiger partial charge in [-0.2, -0.15) is 0 Å². The molecule has 0 aromatic heterocycles. The Hall–Kier alpha value is -0.690. The Kier molecular flexibility index (Phi) is 4.48. The minimum atomic E-state index is -1.63. The van der Waals surface area contributed by atoms with Gasteiger partial charge in [-0.3, -0.25) is 0 Å². The number of hydrogen-bond acceptors (Lipinski definition) is 0. The standard InChI is InChI=1S/C21H25.2CH3.Hf/c1-20(2,3)15-11-10-14-12-18-16(17(14)13-15)8-7-9-19(18)21(4,5)6;;;/h7-13H,1-6H3;2*1H3;. The zero-order valence-corrected chi connectivity index (χ0v) is 20.1. The fraction of sp³-hybridized carbons (Fsp3) is 0.478. The Balaban J connectivity index is 2.31. The van der Waals surface area contributed by atoms with Gasteiger partial charge in [0.05, 0.1) is 0 Å². The van der Waals surface area contributed by atoms with E-state index in [0.29, 0.717) is 0 Å². The van der Waals surface area contributed by atoms with Crippen molar-refractivity contribution in [2.24, 2.45) is 0 Å². The SMILES string of the molecule is [CH3][Hf]([CH3])[CH]1c2ccc(C(C)(C)C)cc2-c2cccc(C(C)(C)C)c21. The predicted molar refractivity (Wildman–Crippen MR) is 103 cm³/mol. The van der Waals surface area contributed by atoms with Crippen LogP contribution >= 0.6 is 0 Å². The summed E-state index contributed by atoms with van der Waals surface area (Å²) in [5.74, 6) is 0. The van der Waals surface area contributed by atoms with Gasteiger partial charge in [0.2, 0.25) is 0 Å². The second-order valence-electron chi connectivity index (χ2n) is 9.58. The summed E-state index contributed by atoms with van der Waals surface area (Å²) in [7, 11) is 0. The fourth-order valence-corrected chi connectivity index (χ4v) is 10.4. The molecule has 127 valence electrons. The molecule has 2 aromatic rings. The average Bonchev–Trinajstić information content (AvgIpc) is 2.78. The molecule has 0 amide bonds. The second-order valence-corrected chi connectivity index (χ2v) is 19.4. The molecule has 0 bridgehead atoms. The van der Waals surface area contributed by atoms with Crippen LogP contribution in [0.25, 0.3) is 11.1 Å². The Morgan fingerprint density at radius 1 is 0.792 bits per heavy atom. The first-order valence-corrected chi connectivity index (χ1v) is 18.4. The summed E-state index contributed by atoms with van der Waals surface area (Å²) >= 11 is -1.63. The number of fused-ring (bicyclic) bond motifs is 3. The minimum absolute atomic E-state index is 0.205. The molecule has 24 heavy (non-hydrogen) atoms. The molecule has 0 radical (unpaired) electrons. The van der Waals surface area contributed by atoms with Crippen LogP contribution in [0.5, 0.6) is 0 Å². The van der Waals surface area contributed by atoms with E-state index in [0.717, 1.165) is 3.67 Å². The van der Waals surface area contributed by atoms with Gasteiger partial charge in [0.25, 0.3) is 0 Å². The van der Waals surface area contributed by atoms with Gasteiger partial charge in [-0.15, -0.1) is 0 Å². The third-order valence-corrected chi connectivity index (χ3v) is 11.6. The van der Waals surface area contributed by atoms with E-state index in [1.54, 1.807) is 16.7 Å². The third kappa shape index (κ3) is 2.98. The van der Waals surface area contributed by atoms with Gasteiger partial charge in [0.15, 0.2) is 0 Å². The summed E-state index contributed by atoms with van der Waals surface area (Å²) in [6.45, 7) is 14.0. The van der Waals surface area contributed by atoms with Crippen LogP contribution in [0.2, 0.25) is 9.36 Å². The number of benzene rings is 2. The van der Waals surface area contributed by atoms with Gasteiger partial charge in [0.1, 0.15) is 0 Å². The molecule has 0 saturated carbocycles. The van der Waals surface area contributed by atoms with Crippen molar-refractivity contribution in [2.45, 2.75) is 65.4 Å². The Morgan fingerprint density at radius 3 is 2.00 bits per heavy atom. The van der Waals surface area contributed by atoms with Crippen molar-refractivity contribution in [3.63, 3.8) is 0 Å². The Labute approximate surface area is 156 Å². The van der Waals surface area contributed by atoms with Gasteiger partial charge in [-0.1, -0.05) is 0 Å². The predicted octanol–water partition coefficient (Wildman–Crippen LogP) is 7.07. The summed E-state index contributed by atoms with van der Waals surface area (Å²) in [4.78, 5) is 0. The zero-order chi connectivity index (χ0) is 17.9. The van der Waals surface area contributed by atoms with E-state index >= 15 is 0 Å². The molecule has 0 N–H and O–H groups in total. The molecule has 1 aliphatic carbocycles. The van der Waals surface area contributed by atoms with Gasteiger partial charge < -0.3 is 0 Å². The Bertz CT molecular complexity index is 770. The van der Waals surface area contributed by atoms with Crippen molar-refractivity contribution in [3.05, 3.63) is 58.7 Å². The van der Waals surface area contributed by atoms with Crippen molar-refractivity contribution >= 4 is 0 Å². The third-order valence-electron chi connectivity index (χ3n) is 5.30. The van der Waals surface area contributed by atoms with Crippen molar-refractivity contribution in [2.75, 3.05) is 0 Å². The van der Waals surface area contributed by atoms with Crippen molar-refractivity contribution in [1.29, 1.82) is 0 Å². The molecular formula is C23H31Hf. The average molecular weight is 486 g/mol. The van der Waals surface area contributed by atoms with E-state index in [4.69, 9.17) is 0 Å². The molecule has 0 saturated heterocycles. The number of hydrogen-bond donors (Lipinski definition) is 0. The first-order valence-electron chi connectivity index (χ1n) is 9.10.